The molecule has 0 atom stereocenters. The quantitative estimate of drug-likeness (QED) is 0.694. The number of halogens is 1. The Bertz CT molecular complexity index is 558. The number of nitro groups is 1. The summed E-state index contributed by atoms with van der Waals surface area (Å²) in [6, 6.07) is 10.2. The lowest BCUT2D eigenvalue weighted by molar-refractivity contribution is -0.384. The topological polar surface area (TPSA) is 68.1 Å². The van der Waals surface area contributed by atoms with E-state index in [2.05, 4.69) is 26.2 Å². The van der Waals surface area contributed by atoms with Gasteiger partial charge in [-0.25, -0.2) is 0 Å². The molecule has 0 aliphatic rings. The molecule has 92 valence electrons. The third-order valence-electron chi connectivity index (χ3n) is 2.32. The average molecular weight is 308 g/mol. The predicted octanol–water partition coefficient (Wildman–Crippen LogP) is 3.36. The van der Waals surface area contributed by atoms with Crippen LogP contribution in [0.2, 0.25) is 0 Å². The van der Waals surface area contributed by atoms with Gasteiger partial charge >= 0.3 is 0 Å². The van der Waals surface area contributed by atoms with Crippen LogP contribution in [0.3, 0.4) is 0 Å². The van der Waals surface area contributed by atoms with E-state index in [0.717, 1.165) is 10.2 Å². The van der Waals surface area contributed by atoms with Crippen LogP contribution in [0.25, 0.3) is 0 Å². The molecular formula is C12H10BrN3O2. The molecule has 0 radical (unpaired) electrons. The normalized spacial score (nSPS) is 10.1. The van der Waals surface area contributed by atoms with Gasteiger partial charge in [-0.15, -0.1) is 0 Å². The first-order valence-electron chi connectivity index (χ1n) is 5.24. The summed E-state index contributed by atoms with van der Waals surface area (Å²) in [6.45, 7) is 0.522. The molecule has 0 bridgehead atoms. The number of rotatable bonds is 4. The Morgan fingerprint density at radius 3 is 2.83 bits per heavy atom. The van der Waals surface area contributed by atoms with Gasteiger partial charge in [0.1, 0.15) is 0 Å². The Hall–Kier alpha value is -1.95. The zero-order valence-electron chi connectivity index (χ0n) is 9.34. The van der Waals surface area contributed by atoms with Crippen molar-refractivity contribution in [2.45, 2.75) is 6.54 Å². The minimum Gasteiger partial charge on any atom is -0.379 e. The van der Waals surface area contributed by atoms with Crippen molar-refractivity contribution in [3.63, 3.8) is 0 Å². The smallest absolute Gasteiger partial charge is 0.271 e. The van der Waals surface area contributed by atoms with Crippen LogP contribution < -0.4 is 5.32 Å². The molecule has 1 N–H and O–H groups in total. The average Bonchev–Trinajstić information content (AvgIpc) is 2.38. The van der Waals surface area contributed by atoms with E-state index in [9.17, 15) is 10.1 Å². The monoisotopic (exact) mass is 307 g/mol. The molecule has 0 amide bonds. The summed E-state index contributed by atoms with van der Waals surface area (Å²) in [6.07, 6.45) is 1.71. The lowest BCUT2D eigenvalue weighted by Gasteiger charge is -2.05. The molecule has 0 saturated heterocycles. The number of anilines is 1. The fraction of sp³-hybridized carbons (Fsp3) is 0.0833. The number of hydrogen-bond acceptors (Lipinski definition) is 4. The SMILES string of the molecule is O=[N+]([O-])c1cccc(NCc2ccc(Br)cn2)c1. The summed E-state index contributed by atoms with van der Waals surface area (Å²) in [5.74, 6) is 0. The Labute approximate surface area is 112 Å². The van der Waals surface area contributed by atoms with Crippen molar-refractivity contribution in [2.24, 2.45) is 0 Å². The maximum absolute atomic E-state index is 10.6. The van der Waals surface area contributed by atoms with Crippen molar-refractivity contribution in [1.29, 1.82) is 0 Å². The van der Waals surface area contributed by atoms with Gasteiger partial charge in [0.25, 0.3) is 5.69 Å². The Morgan fingerprint density at radius 1 is 1.33 bits per heavy atom. The Kier molecular flexibility index (Phi) is 3.88. The van der Waals surface area contributed by atoms with Crippen LogP contribution in [0, 0.1) is 10.1 Å². The molecule has 0 saturated carbocycles. The summed E-state index contributed by atoms with van der Waals surface area (Å²) in [5.41, 5.74) is 1.64. The molecule has 1 aromatic carbocycles. The van der Waals surface area contributed by atoms with Crippen LogP contribution in [0.4, 0.5) is 11.4 Å². The van der Waals surface area contributed by atoms with Crippen LogP contribution in [0.5, 0.6) is 0 Å². The van der Waals surface area contributed by atoms with Gasteiger partial charge < -0.3 is 5.32 Å². The van der Waals surface area contributed by atoms with Gasteiger partial charge in [-0.05, 0) is 34.1 Å². The molecule has 2 aromatic rings. The summed E-state index contributed by atoms with van der Waals surface area (Å²) in [4.78, 5) is 14.4. The second-order valence-electron chi connectivity index (χ2n) is 3.63. The minimum atomic E-state index is -0.414. The number of nitrogens with one attached hydrogen (secondary N) is 1. The van der Waals surface area contributed by atoms with E-state index < -0.39 is 4.92 Å². The summed E-state index contributed by atoms with van der Waals surface area (Å²) < 4.78 is 0.918. The van der Waals surface area contributed by atoms with Gasteiger partial charge in [0, 0.05) is 28.5 Å². The fourth-order valence-corrected chi connectivity index (χ4v) is 1.67. The van der Waals surface area contributed by atoms with Gasteiger partial charge in [-0.1, -0.05) is 6.07 Å². The lowest BCUT2D eigenvalue weighted by atomic mass is 10.2. The third-order valence-corrected chi connectivity index (χ3v) is 2.79. The van der Waals surface area contributed by atoms with Crippen molar-refractivity contribution in [1.82, 2.24) is 4.98 Å². The molecule has 0 aliphatic heterocycles. The van der Waals surface area contributed by atoms with Crippen LogP contribution in [-0.2, 0) is 6.54 Å². The van der Waals surface area contributed by atoms with Crippen molar-refractivity contribution in [2.75, 3.05) is 5.32 Å². The number of hydrogen-bond donors (Lipinski definition) is 1. The van der Waals surface area contributed by atoms with Gasteiger partial charge in [0.15, 0.2) is 0 Å². The van der Waals surface area contributed by atoms with E-state index in [4.69, 9.17) is 0 Å². The molecule has 6 heteroatoms. The van der Waals surface area contributed by atoms with E-state index in [1.165, 1.54) is 12.1 Å². The molecule has 2 rings (SSSR count). The number of nitrogens with zero attached hydrogens (tertiary/aromatic N) is 2. The number of benzene rings is 1. The molecule has 0 spiro atoms. The van der Waals surface area contributed by atoms with Gasteiger partial charge in [0.05, 0.1) is 17.2 Å². The zero-order chi connectivity index (χ0) is 13.0. The number of aromatic nitrogens is 1. The summed E-state index contributed by atoms with van der Waals surface area (Å²) in [7, 11) is 0. The zero-order valence-corrected chi connectivity index (χ0v) is 10.9. The van der Waals surface area contributed by atoms with E-state index in [-0.39, 0.29) is 5.69 Å². The molecule has 0 unspecified atom stereocenters. The second kappa shape index (κ2) is 5.59. The van der Waals surface area contributed by atoms with Crippen LogP contribution in [0.1, 0.15) is 5.69 Å². The maximum Gasteiger partial charge on any atom is 0.271 e. The van der Waals surface area contributed by atoms with Crippen molar-refractivity contribution in [3.8, 4) is 0 Å². The fourth-order valence-electron chi connectivity index (χ4n) is 1.43. The van der Waals surface area contributed by atoms with Crippen LogP contribution in [-0.4, -0.2) is 9.91 Å². The Morgan fingerprint density at radius 2 is 2.17 bits per heavy atom. The molecule has 1 heterocycles. The van der Waals surface area contributed by atoms with Crippen LogP contribution in [0.15, 0.2) is 47.1 Å². The number of nitro benzene ring substituents is 1. The minimum absolute atomic E-state index is 0.0729. The van der Waals surface area contributed by atoms with Gasteiger partial charge in [-0.2, -0.15) is 0 Å². The molecule has 5 nitrogen and oxygen atoms in total. The molecule has 1 aromatic heterocycles. The predicted molar refractivity (Wildman–Crippen MR) is 72.4 cm³/mol. The standard InChI is InChI=1S/C12H10BrN3O2/c13-9-4-5-11(14-7-9)8-15-10-2-1-3-12(6-10)16(17)18/h1-7,15H,8H2. The molecule has 18 heavy (non-hydrogen) atoms. The maximum atomic E-state index is 10.6. The molecule has 0 fully saturated rings. The first-order valence-corrected chi connectivity index (χ1v) is 6.03. The largest absolute Gasteiger partial charge is 0.379 e. The van der Waals surface area contributed by atoms with E-state index >= 15 is 0 Å². The Balaban J connectivity index is 2.04. The lowest BCUT2D eigenvalue weighted by Crippen LogP contribution is -2.01. The van der Waals surface area contributed by atoms with Crippen molar-refractivity contribution in [3.05, 3.63) is 62.9 Å². The number of pyridine rings is 1. The molecular weight excluding hydrogens is 298 g/mol. The molecule has 0 aliphatic carbocycles. The highest BCUT2D eigenvalue weighted by Gasteiger charge is 2.05. The van der Waals surface area contributed by atoms with E-state index in [0.29, 0.717) is 12.2 Å². The third kappa shape index (κ3) is 3.27. The van der Waals surface area contributed by atoms with Crippen molar-refractivity contribution < 1.29 is 4.92 Å². The summed E-state index contributed by atoms with van der Waals surface area (Å²) in [5, 5.41) is 13.7. The van der Waals surface area contributed by atoms with Crippen LogP contribution >= 0.6 is 15.9 Å². The van der Waals surface area contributed by atoms with E-state index in [1.807, 2.05) is 12.1 Å². The number of non-ortho nitro benzene ring substituents is 1. The highest BCUT2D eigenvalue weighted by molar-refractivity contribution is 9.10. The highest BCUT2D eigenvalue weighted by atomic mass is 79.9. The second-order valence-corrected chi connectivity index (χ2v) is 4.54. The van der Waals surface area contributed by atoms with Gasteiger partial charge in [0.2, 0.25) is 0 Å². The highest BCUT2D eigenvalue weighted by Crippen LogP contribution is 2.17. The van der Waals surface area contributed by atoms with E-state index in [1.54, 1.807) is 18.3 Å². The summed E-state index contributed by atoms with van der Waals surface area (Å²) >= 11 is 3.31. The van der Waals surface area contributed by atoms with Crippen molar-refractivity contribution >= 4 is 27.3 Å². The first-order chi connectivity index (χ1) is 8.65. The van der Waals surface area contributed by atoms with Gasteiger partial charge in [-0.3, -0.25) is 15.1 Å². The first kappa shape index (κ1) is 12.5.